The number of rotatable bonds is 45. The fraction of sp³-hybridized carbons (Fsp3) is 0.544. The normalized spacial score (nSPS) is 16.4. The van der Waals surface area contributed by atoms with Gasteiger partial charge in [0.05, 0.1) is 59.5 Å². The van der Waals surface area contributed by atoms with Gasteiger partial charge in [-0.1, -0.05) is 113 Å². The molecule has 6 rings (SSSR count). The Hall–Kier alpha value is -11.3. The molecule has 9 amide bonds. The van der Waals surface area contributed by atoms with E-state index < -0.39 is 152 Å². The highest BCUT2D eigenvalue weighted by Gasteiger charge is 2.38. The number of guanidine groups is 1. The largest absolute Gasteiger partial charge is 0.508 e. The van der Waals surface area contributed by atoms with Crippen molar-refractivity contribution in [2.75, 3.05) is 113 Å². The van der Waals surface area contributed by atoms with E-state index in [0.717, 1.165) is 30.2 Å². The number of carboxylic acids is 1. The first kappa shape index (κ1) is 94.5. The Balaban J connectivity index is 1.24. The van der Waals surface area contributed by atoms with Crippen molar-refractivity contribution in [3.05, 3.63) is 114 Å². The molecule has 1 saturated heterocycles. The molecule has 0 radical (unpaired) electrons. The van der Waals surface area contributed by atoms with E-state index in [1.165, 1.54) is 38.5 Å². The summed E-state index contributed by atoms with van der Waals surface area (Å²) in [6.07, 6.45) is 3.67. The number of ether oxygens (including phenoxy) is 3. The van der Waals surface area contributed by atoms with E-state index in [9.17, 15) is 78.0 Å². The number of aliphatic hydroxyl groups excluding tert-OH is 2. The molecule has 3 unspecified atom stereocenters. The molecule has 38 nitrogen and oxygen atoms in total. The number of esters is 2. The Labute approximate surface area is 679 Å². The van der Waals surface area contributed by atoms with Crippen LogP contribution in [0.3, 0.4) is 0 Å². The number of phenolic OH excluding ortho intramolecular Hbond substituents is 1. The first-order chi connectivity index (χ1) is 56.0. The maximum absolute atomic E-state index is 15.0. The predicted octanol–water partition coefficient (Wildman–Crippen LogP) is -3.04. The molecule has 642 valence electrons. The number of aromatic nitrogens is 1. The van der Waals surface area contributed by atoms with Crippen LogP contribution >= 0.6 is 0 Å². The SMILES string of the molecule is C=C(N)[C@H](CO)NC(=O)[C@H](Cc1c[nH]c2ccccc12)NC(=O)[C@H](CC(C)C)NC(=O)[C@H](Cc1ccc(O)cc1)NC(=O)C(CCCN=C(N)N)NC(=O)C(CO)NC(=O)C(Cc1ccccc1)NC(=O)[C@H](CC1CCCCC1)NC(=O)[C@H](CC(=O)O)NC(=O)CN1CCN(CC(=O)OC)CCN(COC=O)CCN(CC(=O)OC)CC1. The summed E-state index contributed by atoms with van der Waals surface area (Å²) in [5.41, 5.74) is 19.4. The molecule has 117 heavy (non-hydrogen) atoms. The summed E-state index contributed by atoms with van der Waals surface area (Å²) in [5, 5.41) is 66.1. The van der Waals surface area contributed by atoms with Gasteiger partial charge in [0.2, 0.25) is 53.2 Å². The number of aliphatic imine (C=N–C) groups is 1. The van der Waals surface area contributed by atoms with Gasteiger partial charge in [-0.25, -0.2) is 0 Å². The second-order valence-electron chi connectivity index (χ2n) is 29.6. The summed E-state index contributed by atoms with van der Waals surface area (Å²) in [7, 11) is 2.47. The van der Waals surface area contributed by atoms with E-state index >= 15 is 4.79 Å². The number of aliphatic carboxylic acids is 1. The second kappa shape index (κ2) is 49.6. The minimum atomic E-state index is -1.86. The van der Waals surface area contributed by atoms with Crippen molar-refractivity contribution >= 4 is 94.4 Å². The third kappa shape index (κ3) is 33.4. The molecule has 9 atom stereocenters. The second-order valence-corrected chi connectivity index (χ2v) is 29.6. The van der Waals surface area contributed by atoms with Crippen molar-refractivity contribution in [2.45, 2.75) is 152 Å². The summed E-state index contributed by atoms with van der Waals surface area (Å²) >= 11 is 0. The fourth-order valence-corrected chi connectivity index (χ4v) is 13.6. The predicted molar refractivity (Wildman–Crippen MR) is 429 cm³/mol. The Morgan fingerprint density at radius 2 is 1.00 bits per heavy atom. The first-order valence-electron chi connectivity index (χ1n) is 39.1. The number of phenols is 1. The number of hydrogen-bond donors (Lipinski definition) is 17. The summed E-state index contributed by atoms with van der Waals surface area (Å²) < 4.78 is 14.9. The van der Waals surface area contributed by atoms with Gasteiger partial charge in [-0.2, -0.15) is 0 Å². The van der Waals surface area contributed by atoms with Gasteiger partial charge in [0.15, 0.2) is 5.96 Å². The summed E-state index contributed by atoms with van der Waals surface area (Å²) in [4.78, 5) is 195. The van der Waals surface area contributed by atoms with Gasteiger partial charge in [0.25, 0.3) is 6.47 Å². The van der Waals surface area contributed by atoms with Crippen molar-refractivity contribution in [1.29, 1.82) is 0 Å². The highest BCUT2D eigenvalue weighted by Crippen LogP contribution is 2.28. The van der Waals surface area contributed by atoms with Crippen LogP contribution < -0.4 is 65.1 Å². The van der Waals surface area contributed by atoms with E-state index in [4.69, 9.17) is 31.4 Å². The molecule has 1 aliphatic heterocycles. The molecule has 2 heterocycles. The number of amides is 9. The highest BCUT2D eigenvalue weighted by molar-refractivity contribution is 5.99. The van der Waals surface area contributed by atoms with Gasteiger partial charge in [-0.05, 0) is 72.4 Å². The standard InChI is InChI=1S/C79H116N18O20/c1-49(2)35-59(72(108)91-63(76(112)92-65(45-98)50(3)80)39-54-41-84-57-20-13-12-19-56(54)57)87-73(109)62(38-53-22-24-55(101)25-23-53)88-71(107)58(21-14-26-83-79(81)82)86-78(114)66(46-99)93-75(111)61(37-52-17-10-7-11-18-52)89-74(110)60(36-51-15-8-6-9-16-51)90-77(113)64(40-68(103)104)85-67(102)42-94-27-29-95(43-69(105)115-4)31-33-97(47-117-48-100)34-32-96(30-28-94)44-70(106)116-5/h7,10-13,17-20,22-25,41,48-49,51,58-66,84,98-99,101H,3,6,8-9,14-16,21,26-40,42-47,80H2,1-2,4-5H3,(H,85,102)(H,86,114)(H,87,109)(H,88,107)(H,89,110)(H,90,113)(H,91,108)(H,92,112)(H,93,111)(H,103,104)(H4,81,82,83)/t58?,59-,60-,61?,62-,63-,64-,65-,66?/m0/s1. The number of H-pyrrole nitrogens is 1. The lowest BCUT2D eigenvalue weighted by molar-refractivity contribution is -0.143. The molecule has 20 N–H and O–H groups in total. The average molecular weight is 1640 g/mol. The number of carboxylic acid groups (broad SMARTS) is 1. The van der Waals surface area contributed by atoms with E-state index in [0.29, 0.717) is 49.1 Å². The number of aliphatic hydroxyl groups is 2. The van der Waals surface area contributed by atoms with Gasteiger partial charge in [-0.3, -0.25) is 86.9 Å². The summed E-state index contributed by atoms with van der Waals surface area (Å²) in [5.74, 6) is -11.8. The Kier molecular flexibility index (Phi) is 40.0. The Morgan fingerprint density at radius 1 is 0.547 bits per heavy atom. The van der Waals surface area contributed by atoms with Gasteiger partial charge in [0, 0.05) is 101 Å². The van der Waals surface area contributed by atoms with Crippen molar-refractivity contribution in [2.24, 2.45) is 34.0 Å². The third-order valence-corrected chi connectivity index (χ3v) is 20.1. The van der Waals surface area contributed by atoms with Gasteiger partial charge in [0.1, 0.15) is 60.8 Å². The molecule has 1 aliphatic carbocycles. The molecular formula is C79H116N18O20. The Bertz CT molecular complexity index is 3940. The van der Waals surface area contributed by atoms with Crippen LogP contribution in [0.2, 0.25) is 0 Å². The molecule has 2 aliphatic rings. The number of carbonyl (C=O) groups excluding carboxylic acids is 12. The van der Waals surface area contributed by atoms with Crippen LogP contribution in [0.5, 0.6) is 5.75 Å². The van der Waals surface area contributed by atoms with E-state index in [-0.39, 0.29) is 140 Å². The van der Waals surface area contributed by atoms with Crippen LogP contribution in [0, 0.1) is 11.8 Å². The quantitative estimate of drug-likeness (QED) is 0.00523. The number of nitrogens with two attached hydrogens (primary N) is 3. The average Bonchev–Trinajstić information content (AvgIpc) is 1.61. The summed E-state index contributed by atoms with van der Waals surface area (Å²) in [6, 6.07) is 7.65. The molecule has 38 heteroatoms. The third-order valence-electron chi connectivity index (χ3n) is 20.1. The number of benzene rings is 3. The Morgan fingerprint density at radius 3 is 1.53 bits per heavy atom. The first-order valence-corrected chi connectivity index (χ1v) is 39.1. The van der Waals surface area contributed by atoms with Crippen LogP contribution in [-0.2, 0) is 95.8 Å². The molecular weight excluding hydrogens is 1520 g/mol. The number of nitrogens with one attached hydrogen (secondary N) is 10. The topological polar surface area (TPSA) is 558 Å². The van der Waals surface area contributed by atoms with Crippen LogP contribution in [0.1, 0.15) is 94.7 Å². The van der Waals surface area contributed by atoms with E-state index in [1.54, 1.807) is 71.1 Å². The zero-order valence-corrected chi connectivity index (χ0v) is 66.8. The summed E-state index contributed by atoms with van der Waals surface area (Å²) in [6.45, 7) is 6.74. The lowest BCUT2D eigenvalue weighted by atomic mass is 9.84. The lowest BCUT2D eigenvalue weighted by Crippen LogP contribution is -2.61. The van der Waals surface area contributed by atoms with E-state index in [1.807, 2.05) is 23.1 Å². The molecule has 4 aromatic rings. The van der Waals surface area contributed by atoms with Gasteiger partial charge < -0.3 is 105 Å². The monoisotopic (exact) mass is 1640 g/mol. The van der Waals surface area contributed by atoms with E-state index in [2.05, 4.69) is 64.4 Å². The number of para-hydroxylation sites is 1. The molecule has 0 spiro atoms. The van der Waals surface area contributed by atoms with Crippen molar-refractivity contribution < 1.29 is 97.0 Å². The number of fused-ring (bicyclic) bond motifs is 1. The highest BCUT2D eigenvalue weighted by atomic mass is 16.5. The van der Waals surface area contributed by atoms with Crippen molar-refractivity contribution in [3.8, 4) is 5.75 Å². The maximum atomic E-state index is 15.0. The van der Waals surface area contributed by atoms with Crippen LogP contribution in [0.4, 0.5) is 0 Å². The number of methoxy groups -OCH3 is 2. The minimum absolute atomic E-state index is 0.00139. The molecule has 0 bridgehead atoms. The molecule has 1 aromatic heterocycles. The molecule has 3 aromatic carbocycles. The van der Waals surface area contributed by atoms with Gasteiger partial charge >= 0.3 is 17.9 Å². The van der Waals surface area contributed by atoms with Crippen LogP contribution in [0.25, 0.3) is 10.9 Å². The lowest BCUT2D eigenvalue weighted by Gasteiger charge is -2.33. The number of nitrogens with zero attached hydrogens (tertiary/aromatic N) is 5. The smallest absolute Gasteiger partial charge is 0.319 e. The minimum Gasteiger partial charge on any atom is -0.508 e. The number of aromatic hydroxyl groups is 1. The van der Waals surface area contributed by atoms with Crippen LogP contribution in [0.15, 0.2) is 102 Å². The van der Waals surface area contributed by atoms with Gasteiger partial charge in [-0.15, -0.1) is 0 Å². The maximum Gasteiger partial charge on any atom is 0.319 e. The zero-order valence-electron chi connectivity index (χ0n) is 66.8. The van der Waals surface area contributed by atoms with Crippen molar-refractivity contribution in [1.82, 2.24) is 72.4 Å². The number of aromatic amines is 1. The zero-order chi connectivity index (χ0) is 85.5. The fourth-order valence-electron chi connectivity index (χ4n) is 13.6. The number of carbonyl (C=O) groups is 13. The van der Waals surface area contributed by atoms with Crippen LogP contribution in [-0.4, -0.2) is 296 Å². The van der Waals surface area contributed by atoms with Crippen molar-refractivity contribution in [3.63, 3.8) is 0 Å². The molecule has 1 saturated carbocycles. The molecule has 2 fully saturated rings. The number of hydrogen-bond acceptors (Lipinski definition) is 25.